The molecule has 3 aliphatic rings. The Balaban J connectivity index is 0.988. The Labute approximate surface area is 418 Å². The minimum Gasteiger partial charge on any atom is -0.478 e. The number of pyridine rings is 2. The van der Waals surface area contributed by atoms with Crippen LogP contribution < -0.4 is 35.9 Å². The van der Waals surface area contributed by atoms with Crippen molar-refractivity contribution >= 4 is 51.2 Å². The molecule has 0 unspecified atom stereocenters. The molecule has 4 N–H and O–H groups in total. The van der Waals surface area contributed by atoms with Gasteiger partial charge in [0, 0.05) is 145 Å². The number of aromatic amines is 1. The van der Waals surface area contributed by atoms with E-state index in [1.54, 1.807) is 12.1 Å². The second kappa shape index (κ2) is 20.7. The first-order chi connectivity index (χ1) is 34.7. The average Bonchev–Trinajstić information content (AvgIpc) is 3.78. The summed E-state index contributed by atoms with van der Waals surface area (Å²) in [6.07, 6.45) is 5.95. The zero-order valence-corrected chi connectivity index (χ0v) is 42.1. The molecule has 6 aromatic rings. The lowest BCUT2D eigenvalue weighted by Gasteiger charge is -2.33. The Morgan fingerprint density at radius 3 is 2.38 bits per heavy atom. The van der Waals surface area contributed by atoms with Crippen LogP contribution in [0, 0.1) is 6.92 Å². The summed E-state index contributed by atoms with van der Waals surface area (Å²) in [7, 11) is 9.91. The molecule has 9 rings (SSSR count). The van der Waals surface area contributed by atoms with Crippen LogP contribution in [-0.2, 0) is 19.5 Å². The van der Waals surface area contributed by atoms with E-state index in [4.69, 9.17) is 9.40 Å². The molecule has 5 heterocycles. The number of likely N-dealkylation sites (N-methyl/N-ethyl adjacent to an activating group) is 1. The van der Waals surface area contributed by atoms with Gasteiger partial charge in [-0.05, 0) is 116 Å². The van der Waals surface area contributed by atoms with Crippen molar-refractivity contribution < 1.29 is 23.9 Å². The molecule has 3 aromatic heterocycles. The number of nitrogens with zero attached hydrogens (tertiary/aromatic N) is 6. The van der Waals surface area contributed by atoms with E-state index in [9.17, 15) is 24.3 Å². The molecule has 0 spiro atoms. The van der Waals surface area contributed by atoms with Crippen LogP contribution in [0.5, 0.6) is 0 Å². The number of aryl methyl sites for hydroxylation is 3. The van der Waals surface area contributed by atoms with E-state index in [1.165, 1.54) is 6.07 Å². The summed E-state index contributed by atoms with van der Waals surface area (Å²) in [5.74, 6) is -0.260. The molecule has 0 radical (unpaired) electrons. The lowest BCUT2D eigenvalue weighted by Crippen LogP contribution is -2.44. The molecule has 370 valence electrons. The van der Waals surface area contributed by atoms with Gasteiger partial charge in [0.15, 0.2) is 0 Å². The van der Waals surface area contributed by atoms with E-state index in [0.717, 1.165) is 100 Å². The van der Waals surface area contributed by atoms with E-state index in [0.29, 0.717) is 58.7 Å². The van der Waals surface area contributed by atoms with Gasteiger partial charge in [0.2, 0.25) is 5.36 Å². The Kier molecular flexibility index (Phi) is 14.1. The summed E-state index contributed by atoms with van der Waals surface area (Å²) in [6.45, 7) is 8.57. The summed E-state index contributed by atoms with van der Waals surface area (Å²) >= 11 is 0. The van der Waals surface area contributed by atoms with Gasteiger partial charge >= 0.3 is 5.97 Å². The molecule has 1 fully saturated rings. The first-order valence-electron chi connectivity index (χ1n) is 24.5. The molecule has 2 aliphatic heterocycles. The second-order valence-electron chi connectivity index (χ2n) is 19.2. The normalized spacial score (nSPS) is 13.0. The number of aromatic nitrogens is 3. The maximum Gasteiger partial charge on any atom is 0.336 e. The van der Waals surface area contributed by atoms with Crippen molar-refractivity contribution in [3.05, 3.63) is 153 Å². The van der Waals surface area contributed by atoms with Gasteiger partial charge in [0.1, 0.15) is 31.3 Å². The van der Waals surface area contributed by atoms with Crippen LogP contribution in [0.15, 0.2) is 113 Å². The molecule has 0 saturated carbocycles. The summed E-state index contributed by atoms with van der Waals surface area (Å²) in [5.41, 5.74) is 8.72. The SMILES string of the molecule is CCCc1cc(C)[nH]c(=O)c1CNC(=O)c1cc(-c2ccc(N3CCN(C)CC3)nc2)cc2c1ccn2CCCNC(=O)c1ccc(C(=O)O)c(-c2c3ccc(=[N+](C)C)cc-3oc3cc(N(C)C)ccc23)c1. The number of carboxylic acid groups (broad SMARTS) is 1. The molecular formula is C57H62N9O6+. The fourth-order valence-corrected chi connectivity index (χ4v) is 9.71. The van der Waals surface area contributed by atoms with Crippen LogP contribution in [-0.4, -0.2) is 110 Å². The zero-order chi connectivity index (χ0) is 50.8. The van der Waals surface area contributed by atoms with Crippen LogP contribution in [0.4, 0.5) is 11.5 Å². The van der Waals surface area contributed by atoms with E-state index in [1.807, 2.05) is 124 Å². The van der Waals surface area contributed by atoms with Gasteiger partial charge in [-0.3, -0.25) is 14.4 Å². The number of H-pyrrole nitrogens is 1. The highest BCUT2D eigenvalue weighted by molar-refractivity contribution is 6.10. The van der Waals surface area contributed by atoms with Gasteiger partial charge in [-0.2, -0.15) is 0 Å². The lowest BCUT2D eigenvalue weighted by atomic mass is 9.89. The average molecular weight is 969 g/mol. The Morgan fingerprint density at radius 1 is 0.847 bits per heavy atom. The highest BCUT2D eigenvalue weighted by Gasteiger charge is 2.25. The standard InChI is InChI=1S/C57H61N9O6/c1-8-10-36-27-35(2)61-56(69)48(36)34-60-55(68)47-29-39(38-12-18-52(59-33-38)66-25-23-64(7)24-26-66)30-49-42(47)19-22-65(49)21-9-20-58-54(67)37-11-15-43(57(70)71)46(28-37)53-44-16-13-40(62(3)4)31-50(44)72-51-32-41(63(5)6)14-17-45(51)53/h11-19,22,27-33H,8-10,20-21,23-26,34H2,1-7H3,(H3-,58,60,61,67,68,69,70,71)/p+1. The van der Waals surface area contributed by atoms with Crippen molar-refractivity contribution in [1.82, 2.24) is 34.6 Å². The van der Waals surface area contributed by atoms with Crippen LogP contribution in [0.25, 0.3) is 55.4 Å². The van der Waals surface area contributed by atoms with Gasteiger partial charge in [-0.15, -0.1) is 0 Å². The number of benzene rings is 4. The second-order valence-corrected chi connectivity index (χ2v) is 19.2. The maximum atomic E-state index is 14.3. The number of carboxylic acids is 1. The topological polar surface area (TPSA) is 172 Å². The fraction of sp³-hybridized carbons (Fsp3) is 0.298. The Hall–Kier alpha value is -8.04. The maximum absolute atomic E-state index is 14.3. The van der Waals surface area contributed by atoms with Crippen molar-refractivity contribution in [1.29, 1.82) is 0 Å². The quantitative estimate of drug-likeness (QED) is 0.0459. The molecule has 0 atom stereocenters. The predicted octanol–water partition coefficient (Wildman–Crippen LogP) is 7.47. The zero-order valence-electron chi connectivity index (χ0n) is 42.1. The van der Waals surface area contributed by atoms with E-state index < -0.39 is 5.97 Å². The number of hydrogen-bond acceptors (Lipinski definition) is 9. The third-order valence-electron chi connectivity index (χ3n) is 13.7. The van der Waals surface area contributed by atoms with Crippen molar-refractivity contribution in [3.63, 3.8) is 0 Å². The van der Waals surface area contributed by atoms with Crippen molar-refractivity contribution in [2.24, 2.45) is 0 Å². The van der Waals surface area contributed by atoms with Crippen LogP contribution in [0.1, 0.15) is 67.7 Å². The number of amides is 2. The number of fused-ring (bicyclic) bond motifs is 3. The van der Waals surface area contributed by atoms with Crippen molar-refractivity contribution in [2.75, 3.05) is 77.8 Å². The Morgan fingerprint density at radius 2 is 1.65 bits per heavy atom. The van der Waals surface area contributed by atoms with Crippen LogP contribution >= 0.6 is 0 Å². The third-order valence-corrected chi connectivity index (χ3v) is 13.7. The number of piperazine rings is 1. The molecule has 72 heavy (non-hydrogen) atoms. The summed E-state index contributed by atoms with van der Waals surface area (Å²) in [4.78, 5) is 68.6. The number of rotatable bonds is 15. The van der Waals surface area contributed by atoms with Gasteiger partial charge in [-0.25, -0.2) is 14.4 Å². The summed E-state index contributed by atoms with van der Waals surface area (Å²) in [5, 5.41) is 19.0. The molecule has 1 saturated heterocycles. The molecule has 3 aromatic carbocycles. The van der Waals surface area contributed by atoms with E-state index >= 15 is 0 Å². The molecular weight excluding hydrogens is 907 g/mol. The third kappa shape index (κ3) is 10.1. The number of nitrogens with one attached hydrogen (secondary N) is 3. The minimum absolute atomic E-state index is 0.0624. The molecule has 0 bridgehead atoms. The molecule has 2 amide bonds. The van der Waals surface area contributed by atoms with Gasteiger partial charge in [0.05, 0.1) is 11.6 Å². The monoisotopic (exact) mass is 968 g/mol. The molecule has 15 nitrogen and oxygen atoms in total. The highest BCUT2D eigenvalue weighted by Crippen LogP contribution is 2.42. The molecule has 1 aliphatic carbocycles. The minimum atomic E-state index is -1.11. The number of anilines is 2. The summed E-state index contributed by atoms with van der Waals surface area (Å²) in [6, 6.07) is 28.3. The highest BCUT2D eigenvalue weighted by atomic mass is 16.4. The van der Waals surface area contributed by atoms with Gasteiger partial charge in [0.25, 0.3) is 17.4 Å². The number of aromatic carboxylic acids is 1. The lowest BCUT2D eigenvalue weighted by molar-refractivity contribution is 0.0696. The van der Waals surface area contributed by atoms with Crippen molar-refractivity contribution in [2.45, 2.75) is 46.2 Å². The van der Waals surface area contributed by atoms with Crippen LogP contribution in [0.3, 0.4) is 0 Å². The predicted molar refractivity (Wildman–Crippen MR) is 285 cm³/mol. The molecule has 15 heteroatoms. The fourth-order valence-electron chi connectivity index (χ4n) is 9.71. The van der Waals surface area contributed by atoms with E-state index in [-0.39, 0.29) is 29.5 Å². The van der Waals surface area contributed by atoms with Gasteiger partial charge in [-0.1, -0.05) is 13.3 Å². The first kappa shape index (κ1) is 49.0. The number of carbonyl (C=O) groups excluding carboxylic acids is 2. The smallest absolute Gasteiger partial charge is 0.336 e. The van der Waals surface area contributed by atoms with Crippen LogP contribution in [0.2, 0.25) is 0 Å². The van der Waals surface area contributed by atoms with E-state index in [2.05, 4.69) is 50.0 Å². The summed E-state index contributed by atoms with van der Waals surface area (Å²) < 4.78 is 10.5. The van der Waals surface area contributed by atoms with Crippen molar-refractivity contribution in [3.8, 4) is 33.6 Å². The Bertz CT molecular complexity index is 3470. The van der Waals surface area contributed by atoms with Gasteiger partial charge < -0.3 is 44.4 Å². The number of hydrogen-bond donors (Lipinski definition) is 4. The number of carbonyl (C=O) groups is 3. The first-order valence-corrected chi connectivity index (χ1v) is 24.5. The largest absolute Gasteiger partial charge is 0.478 e.